The van der Waals surface area contributed by atoms with Gasteiger partial charge in [-0.25, -0.2) is 0 Å². The average Bonchev–Trinajstić information content (AvgIpc) is 2.72. The Kier molecular flexibility index (Phi) is 5.80. The second-order valence-electron chi connectivity index (χ2n) is 6.18. The monoisotopic (exact) mass is 370 g/mol. The Morgan fingerprint density at radius 2 is 1.44 bits per heavy atom. The fraction of sp³-hybridized carbons (Fsp3) is 0.300. The van der Waals surface area contributed by atoms with Crippen LogP contribution in [0.2, 0.25) is 0 Å². The molecule has 1 aliphatic heterocycles. The van der Waals surface area contributed by atoms with Crippen molar-refractivity contribution in [3.63, 3.8) is 0 Å². The van der Waals surface area contributed by atoms with Crippen molar-refractivity contribution >= 4 is 11.8 Å². The Hall–Kier alpha value is -3.22. The molecular formula is C20H22N2O5. The molecule has 3 rings (SSSR count). The van der Waals surface area contributed by atoms with E-state index in [0.717, 1.165) is 5.75 Å². The lowest BCUT2D eigenvalue weighted by atomic mass is 10.1. The zero-order chi connectivity index (χ0) is 19.2. The minimum atomic E-state index is -0.109. The van der Waals surface area contributed by atoms with E-state index in [-0.39, 0.29) is 24.2 Å². The van der Waals surface area contributed by atoms with Gasteiger partial charge in [0.1, 0.15) is 17.2 Å². The summed E-state index contributed by atoms with van der Waals surface area (Å²) < 4.78 is 10.6. The number of piperazine rings is 1. The summed E-state index contributed by atoms with van der Waals surface area (Å²) in [5, 5.41) is 9.32. The molecule has 0 unspecified atom stereocenters. The van der Waals surface area contributed by atoms with Gasteiger partial charge in [-0.1, -0.05) is 0 Å². The second-order valence-corrected chi connectivity index (χ2v) is 6.18. The topological polar surface area (TPSA) is 79.3 Å². The molecule has 1 aliphatic rings. The Labute approximate surface area is 157 Å². The first-order chi connectivity index (χ1) is 13.1. The van der Waals surface area contributed by atoms with Crippen LogP contribution < -0.4 is 9.47 Å². The van der Waals surface area contributed by atoms with E-state index in [2.05, 4.69) is 0 Å². The SMILES string of the molecule is COc1ccc(OCC(=O)N2CCN(C(=O)c3ccc(O)cc3)CC2)cc1. The van der Waals surface area contributed by atoms with Crippen LogP contribution >= 0.6 is 0 Å². The highest BCUT2D eigenvalue weighted by Gasteiger charge is 2.25. The maximum Gasteiger partial charge on any atom is 0.260 e. The van der Waals surface area contributed by atoms with Gasteiger partial charge in [-0.05, 0) is 48.5 Å². The van der Waals surface area contributed by atoms with Gasteiger partial charge in [0.15, 0.2) is 6.61 Å². The van der Waals surface area contributed by atoms with Crippen molar-refractivity contribution < 1.29 is 24.2 Å². The number of phenolic OH excluding ortho intramolecular Hbond substituents is 1. The fourth-order valence-corrected chi connectivity index (χ4v) is 2.85. The molecule has 0 saturated carbocycles. The van der Waals surface area contributed by atoms with Crippen LogP contribution in [0.25, 0.3) is 0 Å². The molecule has 2 aromatic carbocycles. The van der Waals surface area contributed by atoms with Crippen LogP contribution in [-0.2, 0) is 4.79 Å². The molecule has 0 aliphatic carbocycles. The molecule has 2 aromatic rings. The Bertz CT molecular complexity index is 781. The lowest BCUT2D eigenvalue weighted by Gasteiger charge is -2.34. The minimum Gasteiger partial charge on any atom is -0.508 e. The number of aromatic hydroxyl groups is 1. The molecule has 7 heteroatoms. The van der Waals surface area contributed by atoms with Crippen LogP contribution in [0.15, 0.2) is 48.5 Å². The smallest absolute Gasteiger partial charge is 0.260 e. The van der Waals surface area contributed by atoms with E-state index in [1.807, 2.05) is 0 Å². The zero-order valence-corrected chi connectivity index (χ0v) is 15.1. The third-order valence-electron chi connectivity index (χ3n) is 4.46. The number of carbonyl (C=O) groups is 2. The first kappa shape index (κ1) is 18.6. The van der Waals surface area contributed by atoms with E-state index in [9.17, 15) is 14.7 Å². The number of ether oxygens (including phenoxy) is 2. The molecule has 0 radical (unpaired) electrons. The Morgan fingerprint density at radius 1 is 0.889 bits per heavy atom. The summed E-state index contributed by atoms with van der Waals surface area (Å²) in [5.74, 6) is 1.24. The number of nitrogens with zero attached hydrogens (tertiary/aromatic N) is 2. The number of hydrogen-bond donors (Lipinski definition) is 1. The maximum atomic E-state index is 12.5. The van der Waals surface area contributed by atoms with E-state index in [4.69, 9.17) is 9.47 Å². The molecule has 1 saturated heterocycles. The molecule has 0 aromatic heterocycles. The van der Waals surface area contributed by atoms with E-state index < -0.39 is 0 Å². The van der Waals surface area contributed by atoms with Crippen LogP contribution in [0, 0.1) is 0 Å². The van der Waals surface area contributed by atoms with Crippen LogP contribution in [0.5, 0.6) is 17.2 Å². The van der Waals surface area contributed by atoms with Gasteiger partial charge in [-0.15, -0.1) is 0 Å². The molecule has 7 nitrogen and oxygen atoms in total. The molecule has 0 bridgehead atoms. The largest absolute Gasteiger partial charge is 0.508 e. The number of methoxy groups -OCH3 is 1. The van der Waals surface area contributed by atoms with Gasteiger partial charge in [0, 0.05) is 31.7 Å². The maximum absolute atomic E-state index is 12.5. The van der Waals surface area contributed by atoms with Crippen molar-refractivity contribution in [3.8, 4) is 17.2 Å². The number of hydrogen-bond acceptors (Lipinski definition) is 5. The normalized spacial score (nSPS) is 14.0. The molecule has 1 fully saturated rings. The molecule has 1 heterocycles. The predicted octanol–water partition coefficient (Wildman–Crippen LogP) is 1.76. The zero-order valence-electron chi connectivity index (χ0n) is 15.1. The first-order valence-corrected chi connectivity index (χ1v) is 8.70. The quantitative estimate of drug-likeness (QED) is 0.868. The van der Waals surface area contributed by atoms with Crippen molar-refractivity contribution in [2.45, 2.75) is 0 Å². The van der Waals surface area contributed by atoms with Gasteiger partial charge < -0.3 is 24.4 Å². The van der Waals surface area contributed by atoms with Gasteiger partial charge in [-0.3, -0.25) is 9.59 Å². The second kappa shape index (κ2) is 8.44. The third kappa shape index (κ3) is 4.69. The molecule has 2 amide bonds. The van der Waals surface area contributed by atoms with E-state index in [1.54, 1.807) is 53.3 Å². The summed E-state index contributed by atoms with van der Waals surface area (Å²) in [6, 6.07) is 13.2. The van der Waals surface area contributed by atoms with Gasteiger partial charge >= 0.3 is 0 Å². The minimum absolute atomic E-state index is 0.0434. The summed E-state index contributed by atoms with van der Waals surface area (Å²) in [6.07, 6.45) is 0. The summed E-state index contributed by atoms with van der Waals surface area (Å²) in [6.45, 7) is 1.82. The van der Waals surface area contributed by atoms with Crippen molar-refractivity contribution in [3.05, 3.63) is 54.1 Å². The van der Waals surface area contributed by atoms with Crippen LogP contribution in [0.3, 0.4) is 0 Å². The van der Waals surface area contributed by atoms with E-state index >= 15 is 0 Å². The summed E-state index contributed by atoms with van der Waals surface area (Å²) in [7, 11) is 1.59. The Balaban J connectivity index is 1.47. The van der Waals surface area contributed by atoms with Crippen LogP contribution in [-0.4, -0.2) is 66.6 Å². The number of rotatable bonds is 5. The van der Waals surface area contributed by atoms with Crippen LogP contribution in [0.1, 0.15) is 10.4 Å². The molecule has 0 atom stereocenters. The predicted molar refractivity (Wildman–Crippen MR) is 99.1 cm³/mol. The van der Waals surface area contributed by atoms with Crippen molar-refractivity contribution in [1.82, 2.24) is 9.80 Å². The van der Waals surface area contributed by atoms with Gasteiger partial charge in [0.25, 0.3) is 11.8 Å². The molecular weight excluding hydrogens is 348 g/mol. The van der Waals surface area contributed by atoms with Gasteiger partial charge in [0.05, 0.1) is 7.11 Å². The van der Waals surface area contributed by atoms with Crippen molar-refractivity contribution in [1.29, 1.82) is 0 Å². The number of carbonyl (C=O) groups excluding carboxylic acids is 2. The molecule has 142 valence electrons. The highest BCUT2D eigenvalue weighted by Crippen LogP contribution is 2.17. The lowest BCUT2D eigenvalue weighted by molar-refractivity contribution is -0.134. The third-order valence-corrected chi connectivity index (χ3v) is 4.46. The standard InChI is InChI=1S/C20H22N2O5/c1-26-17-6-8-18(9-7-17)27-14-19(24)21-10-12-22(13-11-21)20(25)15-2-4-16(23)5-3-15/h2-9,23H,10-14H2,1H3. The molecule has 0 spiro atoms. The number of benzene rings is 2. The summed E-state index contributed by atoms with van der Waals surface area (Å²) in [5.41, 5.74) is 0.524. The highest BCUT2D eigenvalue weighted by atomic mass is 16.5. The van der Waals surface area contributed by atoms with E-state index in [0.29, 0.717) is 37.5 Å². The van der Waals surface area contributed by atoms with Crippen molar-refractivity contribution in [2.75, 3.05) is 39.9 Å². The average molecular weight is 370 g/mol. The fourth-order valence-electron chi connectivity index (χ4n) is 2.85. The first-order valence-electron chi connectivity index (χ1n) is 8.70. The van der Waals surface area contributed by atoms with Gasteiger partial charge in [-0.2, -0.15) is 0 Å². The lowest BCUT2D eigenvalue weighted by Crippen LogP contribution is -2.51. The Morgan fingerprint density at radius 3 is 2.04 bits per heavy atom. The molecule has 27 heavy (non-hydrogen) atoms. The van der Waals surface area contributed by atoms with E-state index in [1.165, 1.54) is 12.1 Å². The number of amides is 2. The summed E-state index contributed by atoms with van der Waals surface area (Å²) in [4.78, 5) is 28.2. The van der Waals surface area contributed by atoms with Crippen LogP contribution in [0.4, 0.5) is 0 Å². The summed E-state index contributed by atoms with van der Waals surface area (Å²) >= 11 is 0. The highest BCUT2D eigenvalue weighted by molar-refractivity contribution is 5.94. The van der Waals surface area contributed by atoms with Crippen molar-refractivity contribution in [2.24, 2.45) is 0 Å². The molecule has 1 N–H and O–H groups in total. The number of phenols is 1. The van der Waals surface area contributed by atoms with Gasteiger partial charge in [0.2, 0.25) is 0 Å².